The van der Waals surface area contributed by atoms with Crippen LogP contribution in [0.5, 0.6) is 0 Å². The van der Waals surface area contributed by atoms with Gasteiger partial charge in [0, 0.05) is 23.6 Å². The largest absolute Gasteiger partial charge is 0.331 e. The predicted molar refractivity (Wildman–Crippen MR) is 96.3 cm³/mol. The first-order chi connectivity index (χ1) is 10.6. The van der Waals surface area contributed by atoms with E-state index < -0.39 is 0 Å². The Bertz CT molecular complexity index is 648. The van der Waals surface area contributed by atoms with Gasteiger partial charge in [0.05, 0.1) is 5.71 Å². The van der Waals surface area contributed by atoms with Gasteiger partial charge in [0.15, 0.2) is 5.11 Å². The van der Waals surface area contributed by atoms with Gasteiger partial charge in [0.2, 0.25) is 0 Å². The molecule has 0 bridgehead atoms. The third-order valence-electron chi connectivity index (χ3n) is 3.26. The van der Waals surface area contributed by atoms with Gasteiger partial charge in [0.25, 0.3) is 0 Å². The van der Waals surface area contributed by atoms with E-state index in [0.717, 1.165) is 17.0 Å². The quantitative estimate of drug-likeness (QED) is 0.510. The summed E-state index contributed by atoms with van der Waals surface area (Å²) in [7, 11) is 0. The van der Waals surface area contributed by atoms with Gasteiger partial charge in [-0.15, -0.1) is 0 Å². The minimum Gasteiger partial charge on any atom is -0.331 e. The molecule has 0 atom stereocenters. The topological polar surface area (TPSA) is 49.3 Å². The van der Waals surface area contributed by atoms with E-state index in [2.05, 4.69) is 46.8 Å². The lowest BCUT2D eigenvalue weighted by Crippen LogP contribution is -2.24. The number of hydrogen-bond acceptors (Lipinski definition) is 3. The van der Waals surface area contributed by atoms with Crippen molar-refractivity contribution >= 4 is 28.7 Å². The van der Waals surface area contributed by atoms with Crippen molar-refractivity contribution in [2.75, 3.05) is 5.32 Å². The fourth-order valence-electron chi connectivity index (χ4n) is 1.90. The standard InChI is InChI=1S/C17H20N4S/c1-12(2)14-4-6-16(7-5-14)19-17(22)21-20-13(3)15-8-10-18-11-9-15/h4-12H,1-3H3,(H2,19,21,22)/b20-13-. The highest BCUT2D eigenvalue weighted by molar-refractivity contribution is 7.80. The molecule has 1 heterocycles. The van der Waals surface area contributed by atoms with Crippen LogP contribution in [0, 0.1) is 0 Å². The first-order valence-electron chi connectivity index (χ1n) is 7.18. The van der Waals surface area contributed by atoms with Crippen molar-refractivity contribution in [2.24, 2.45) is 5.10 Å². The van der Waals surface area contributed by atoms with Gasteiger partial charge in [-0.2, -0.15) is 5.10 Å². The van der Waals surface area contributed by atoms with Gasteiger partial charge in [-0.3, -0.25) is 10.4 Å². The Kier molecular flexibility index (Phi) is 5.61. The van der Waals surface area contributed by atoms with Crippen LogP contribution in [0.4, 0.5) is 5.69 Å². The second-order valence-electron chi connectivity index (χ2n) is 5.28. The van der Waals surface area contributed by atoms with Crippen LogP contribution < -0.4 is 10.7 Å². The Labute approximate surface area is 136 Å². The second-order valence-corrected chi connectivity index (χ2v) is 5.68. The summed E-state index contributed by atoms with van der Waals surface area (Å²) in [5.74, 6) is 0.520. The molecule has 1 aromatic heterocycles. The van der Waals surface area contributed by atoms with Crippen molar-refractivity contribution < 1.29 is 0 Å². The fraction of sp³-hybridized carbons (Fsp3) is 0.235. The summed E-state index contributed by atoms with van der Waals surface area (Å²) in [5, 5.41) is 7.85. The maximum absolute atomic E-state index is 5.25. The van der Waals surface area contributed by atoms with Crippen LogP contribution in [0.3, 0.4) is 0 Å². The molecule has 5 heteroatoms. The van der Waals surface area contributed by atoms with Crippen LogP contribution in [0.1, 0.15) is 37.8 Å². The van der Waals surface area contributed by atoms with Crippen molar-refractivity contribution in [3.63, 3.8) is 0 Å². The number of aromatic nitrogens is 1. The van der Waals surface area contributed by atoms with Crippen LogP contribution in [0.15, 0.2) is 53.9 Å². The minimum absolute atomic E-state index is 0.464. The molecule has 22 heavy (non-hydrogen) atoms. The van der Waals surface area contributed by atoms with Gasteiger partial charge in [-0.05, 0) is 54.9 Å². The van der Waals surface area contributed by atoms with Crippen LogP contribution in [0.2, 0.25) is 0 Å². The number of hydrazone groups is 1. The maximum Gasteiger partial charge on any atom is 0.191 e. The molecular weight excluding hydrogens is 292 g/mol. The van der Waals surface area contributed by atoms with Crippen LogP contribution >= 0.6 is 12.2 Å². The fourth-order valence-corrected chi connectivity index (χ4v) is 2.07. The van der Waals surface area contributed by atoms with Gasteiger partial charge in [-0.1, -0.05) is 26.0 Å². The summed E-state index contributed by atoms with van der Waals surface area (Å²) in [6, 6.07) is 12.0. The highest BCUT2D eigenvalue weighted by atomic mass is 32.1. The highest BCUT2D eigenvalue weighted by Crippen LogP contribution is 2.16. The first-order valence-corrected chi connectivity index (χ1v) is 7.58. The molecule has 0 saturated carbocycles. The van der Waals surface area contributed by atoms with Crippen molar-refractivity contribution in [1.82, 2.24) is 10.4 Å². The molecule has 1 aromatic carbocycles. The average molecular weight is 312 g/mol. The molecule has 0 fully saturated rings. The molecule has 0 amide bonds. The van der Waals surface area contributed by atoms with Gasteiger partial charge >= 0.3 is 0 Å². The molecule has 2 aromatic rings. The molecule has 0 aliphatic carbocycles. The Morgan fingerprint density at radius 2 is 1.73 bits per heavy atom. The molecule has 0 radical (unpaired) electrons. The van der Waals surface area contributed by atoms with Crippen molar-refractivity contribution in [1.29, 1.82) is 0 Å². The number of hydrogen-bond donors (Lipinski definition) is 2. The zero-order valence-electron chi connectivity index (χ0n) is 13.0. The molecule has 0 spiro atoms. The molecule has 0 aliphatic rings. The third kappa shape index (κ3) is 4.63. The zero-order chi connectivity index (χ0) is 15.9. The predicted octanol–water partition coefficient (Wildman–Crippen LogP) is 3.92. The molecular formula is C17H20N4S. The molecule has 2 rings (SSSR count). The van der Waals surface area contributed by atoms with E-state index in [1.807, 2.05) is 31.2 Å². The molecule has 114 valence electrons. The molecule has 0 saturated heterocycles. The lowest BCUT2D eigenvalue weighted by Gasteiger charge is -2.10. The van der Waals surface area contributed by atoms with Crippen LogP contribution in [-0.2, 0) is 0 Å². The maximum atomic E-state index is 5.25. The van der Waals surface area contributed by atoms with Gasteiger partial charge < -0.3 is 5.32 Å². The van der Waals surface area contributed by atoms with E-state index in [9.17, 15) is 0 Å². The number of nitrogens with zero attached hydrogens (tertiary/aromatic N) is 2. The molecule has 0 aliphatic heterocycles. The van der Waals surface area contributed by atoms with Gasteiger partial charge in [-0.25, -0.2) is 0 Å². The van der Waals surface area contributed by atoms with Crippen LogP contribution in [0.25, 0.3) is 0 Å². The number of rotatable bonds is 4. The minimum atomic E-state index is 0.464. The van der Waals surface area contributed by atoms with Crippen molar-refractivity contribution in [3.8, 4) is 0 Å². The normalized spacial score (nSPS) is 11.4. The summed E-state index contributed by atoms with van der Waals surface area (Å²) in [6.45, 7) is 6.26. The Balaban J connectivity index is 1.93. The monoisotopic (exact) mass is 312 g/mol. The van der Waals surface area contributed by atoms with E-state index in [0.29, 0.717) is 11.0 Å². The van der Waals surface area contributed by atoms with Crippen molar-refractivity contribution in [3.05, 3.63) is 59.9 Å². The zero-order valence-corrected chi connectivity index (χ0v) is 13.8. The number of thiocarbonyl (C=S) groups is 1. The summed E-state index contributed by atoms with van der Waals surface area (Å²) in [4.78, 5) is 3.98. The molecule has 2 N–H and O–H groups in total. The van der Waals surface area contributed by atoms with Gasteiger partial charge in [0.1, 0.15) is 0 Å². The summed E-state index contributed by atoms with van der Waals surface area (Å²) < 4.78 is 0. The third-order valence-corrected chi connectivity index (χ3v) is 3.45. The van der Waals surface area contributed by atoms with E-state index in [1.54, 1.807) is 12.4 Å². The Morgan fingerprint density at radius 1 is 1.09 bits per heavy atom. The second kappa shape index (κ2) is 7.66. The summed E-state index contributed by atoms with van der Waals surface area (Å²) in [6.07, 6.45) is 3.47. The van der Waals surface area contributed by atoms with E-state index in [1.165, 1.54) is 5.56 Å². The van der Waals surface area contributed by atoms with E-state index in [-0.39, 0.29) is 0 Å². The SMILES string of the molecule is C/C(=N/NC(=S)Nc1ccc(C(C)C)cc1)c1ccncc1. The summed E-state index contributed by atoms with van der Waals surface area (Å²) >= 11 is 5.25. The van der Waals surface area contributed by atoms with Crippen molar-refractivity contribution in [2.45, 2.75) is 26.7 Å². The van der Waals surface area contributed by atoms with E-state index in [4.69, 9.17) is 12.2 Å². The number of benzene rings is 1. The first kappa shape index (κ1) is 16.1. The Morgan fingerprint density at radius 3 is 2.32 bits per heavy atom. The lowest BCUT2D eigenvalue weighted by atomic mass is 10.0. The highest BCUT2D eigenvalue weighted by Gasteiger charge is 2.01. The summed E-state index contributed by atoms with van der Waals surface area (Å²) in [5.41, 5.74) is 6.95. The van der Waals surface area contributed by atoms with Crippen LogP contribution in [-0.4, -0.2) is 15.8 Å². The number of nitrogens with one attached hydrogen (secondary N) is 2. The lowest BCUT2D eigenvalue weighted by molar-refractivity contribution is 0.867. The molecule has 0 unspecified atom stereocenters. The number of pyridine rings is 1. The van der Waals surface area contributed by atoms with E-state index >= 15 is 0 Å². The average Bonchev–Trinajstić information content (AvgIpc) is 2.54. The molecule has 4 nitrogen and oxygen atoms in total. The smallest absolute Gasteiger partial charge is 0.191 e. The number of anilines is 1. The Hall–Kier alpha value is -2.27.